The zero-order valence-electron chi connectivity index (χ0n) is 11.4. The zero-order chi connectivity index (χ0) is 14.2. The summed E-state index contributed by atoms with van der Waals surface area (Å²) < 4.78 is 23.5. The number of aromatic nitrogens is 2. The minimum absolute atomic E-state index is 0.0618. The number of hydrogen-bond acceptors (Lipinski definition) is 4. The number of carbonyl (C=O) groups excluding carboxylic acids is 1. The second-order valence-electron chi connectivity index (χ2n) is 5.58. The molecule has 0 aliphatic carbocycles. The van der Waals surface area contributed by atoms with Crippen LogP contribution in [0.15, 0.2) is 0 Å². The van der Waals surface area contributed by atoms with Gasteiger partial charge in [-0.1, -0.05) is 12.8 Å². The Morgan fingerprint density at radius 1 is 1.15 bits per heavy atom. The van der Waals surface area contributed by atoms with Crippen LogP contribution in [0.5, 0.6) is 0 Å². The molecule has 0 aromatic carbocycles. The summed E-state index contributed by atoms with van der Waals surface area (Å²) in [6, 6.07) is 0. The van der Waals surface area contributed by atoms with Gasteiger partial charge in [-0.15, -0.1) is 0 Å². The highest BCUT2D eigenvalue weighted by atomic mass is 32.2. The van der Waals surface area contributed by atoms with Gasteiger partial charge in [0.15, 0.2) is 15.5 Å². The highest BCUT2D eigenvalue weighted by Crippen LogP contribution is 2.23. The van der Waals surface area contributed by atoms with Gasteiger partial charge in [0.05, 0.1) is 11.5 Å². The van der Waals surface area contributed by atoms with E-state index in [1.54, 1.807) is 0 Å². The van der Waals surface area contributed by atoms with Crippen molar-refractivity contribution in [3.05, 3.63) is 17.0 Å². The van der Waals surface area contributed by atoms with Crippen LogP contribution in [-0.2, 0) is 22.0 Å². The van der Waals surface area contributed by atoms with Crippen molar-refractivity contribution in [2.45, 2.75) is 37.9 Å². The Kier molecular flexibility index (Phi) is 3.54. The molecule has 1 saturated heterocycles. The van der Waals surface area contributed by atoms with Crippen molar-refractivity contribution < 1.29 is 13.2 Å². The molecule has 3 heterocycles. The molecule has 3 rings (SSSR count). The number of nitrogens with one attached hydrogen (secondary N) is 1. The largest absolute Gasteiger partial charge is 0.337 e. The molecular weight excluding hydrogens is 278 g/mol. The van der Waals surface area contributed by atoms with Crippen LogP contribution < -0.4 is 0 Å². The predicted octanol–water partition coefficient (Wildman–Crippen LogP) is 0.897. The van der Waals surface area contributed by atoms with Crippen molar-refractivity contribution in [3.8, 4) is 0 Å². The maximum atomic E-state index is 12.5. The average molecular weight is 297 g/mol. The van der Waals surface area contributed by atoms with Gasteiger partial charge in [0.1, 0.15) is 0 Å². The Morgan fingerprint density at radius 3 is 2.55 bits per heavy atom. The molecule has 0 atom stereocenters. The number of sulfone groups is 1. The minimum atomic E-state index is -3.09. The molecule has 1 aromatic heterocycles. The van der Waals surface area contributed by atoms with Gasteiger partial charge < -0.3 is 4.90 Å². The van der Waals surface area contributed by atoms with Gasteiger partial charge >= 0.3 is 0 Å². The summed E-state index contributed by atoms with van der Waals surface area (Å²) in [5.41, 5.74) is 1.70. The van der Waals surface area contributed by atoms with Crippen LogP contribution in [0.3, 0.4) is 0 Å². The van der Waals surface area contributed by atoms with Gasteiger partial charge in [-0.2, -0.15) is 5.10 Å². The Morgan fingerprint density at radius 2 is 1.85 bits per heavy atom. The van der Waals surface area contributed by atoms with E-state index in [2.05, 4.69) is 10.2 Å². The van der Waals surface area contributed by atoms with Crippen LogP contribution in [0.4, 0.5) is 0 Å². The average Bonchev–Trinajstić information content (AvgIpc) is 2.62. The third-order valence-electron chi connectivity index (χ3n) is 4.08. The lowest BCUT2D eigenvalue weighted by molar-refractivity contribution is 0.0755. The molecule has 2 aliphatic heterocycles. The van der Waals surface area contributed by atoms with Gasteiger partial charge in [0.25, 0.3) is 5.91 Å². The first kappa shape index (κ1) is 13.6. The van der Waals surface area contributed by atoms with E-state index in [0.29, 0.717) is 17.7 Å². The number of fused-ring (bicyclic) bond motifs is 1. The van der Waals surface area contributed by atoms with Crippen LogP contribution >= 0.6 is 0 Å². The molecule has 0 saturated carbocycles. The van der Waals surface area contributed by atoms with E-state index in [4.69, 9.17) is 0 Å². The van der Waals surface area contributed by atoms with E-state index in [9.17, 15) is 13.2 Å². The smallest absolute Gasteiger partial charge is 0.274 e. The van der Waals surface area contributed by atoms with Crippen molar-refractivity contribution >= 4 is 15.7 Å². The maximum Gasteiger partial charge on any atom is 0.274 e. The van der Waals surface area contributed by atoms with Crippen LogP contribution in [-0.4, -0.2) is 48.3 Å². The molecule has 0 bridgehead atoms. The Hall–Kier alpha value is -1.37. The van der Waals surface area contributed by atoms with Gasteiger partial charge in [-0.25, -0.2) is 8.42 Å². The van der Waals surface area contributed by atoms with Gasteiger partial charge in [0.2, 0.25) is 0 Å². The molecule has 0 radical (unpaired) electrons. The Bertz CT molecular complexity index is 613. The number of aromatic amines is 1. The molecule has 1 aromatic rings. The number of rotatable bonds is 1. The summed E-state index contributed by atoms with van der Waals surface area (Å²) >= 11 is 0. The lowest BCUT2D eigenvalue weighted by Gasteiger charge is -2.20. The topological polar surface area (TPSA) is 83.1 Å². The highest BCUT2D eigenvalue weighted by molar-refractivity contribution is 7.90. The lowest BCUT2D eigenvalue weighted by atomic mass is 10.1. The number of likely N-dealkylation sites (tertiary alicyclic amines) is 1. The molecule has 1 fully saturated rings. The van der Waals surface area contributed by atoms with E-state index < -0.39 is 9.84 Å². The van der Waals surface area contributed by atoms with E-state index in [1.165, 1.54) is 0 Å². The maximum absolute atomic E-state index is 12.5. The van der Waals surface area contributed by atoms with Crippen molar-refractivity contribution in [1.82, 2.24) is 15.1 Å². The monoisotopic (exact) mass is 297 g/mol. The van der Waals surface area contributed by atoms with E-state index in [1.807, 2.05) is 4.90 Å². The Balaban J connectivity index is 1.87. The van der Waals surface area contributed by atoms with Crippen LogP contribution in [0.25, 0.3) is 0 Å². The molecule has 1 amide bonds. The summed E-state index contributed by atoms with van der Waals surface area (Å²) in [6.07, 6.45) is 4.75. The number of hydrogen-bond donors (Lipinski definition) is 1. The van der Waals surface area contributed by atoms with Gasteiger partial charge in [-0.3, -0.25) is 9.89 Å². The number of amides is 1. The summed E-state index contributed by atoms with van der Waals surface area (Å²) in [5, 5.41) is 6.93. The lowest BCUT2D eigenvalue weighted by Crippen LogP contribution is -2.33. The second-order valence-corrected chi connectivity index (χ2v) is 7.76. The standard InChI is InChI=1S/C13H19N3O3S/c17-13(16-6-3-1-2-4-7-16)12-10-9-20(18,19)8-5-11(10)14-15-12/h1-9H2,(H,14,15). The molecule has 2 aliphatic rings. The number of carbonyl (C=O) groups is 1. The van der Waals surface area contributed by atoms with E-state index >= 15 is 0 Å². The molecule has 6 nitrogen and oxygen atoms in total. The minimum Gasteiger partial charge on any atom is -0.337 e. The number of nitrogens with zero attached hydrogens (tertiary/aromatic N) is 2. The summed E-state index contributed by atoms with van der Waals surface area (Å²) in [7, 11) is -3.09. The third-order valence-corrected chi connectivity index (χ3v) is 5.63. The first-order chi connectivity index (χ1) is 9.57. The van der Waals surface area contributed by atoms with Crippen molar-refractivity contribution in [2.24, 2.45) is 0 Å². The highest BCUT2D eigenvalue weighted by Gasteiger charge is 2.30. The SMILES string of the molecule is O=C(c1n[nH]c2c1CS(=O)(=O)CC2)N1CCCCCC1. The summed E-state index contributed by atoms with van der Waals surface area (Å²) in [6.45, 7) is 1.49. The molecule has 7 heteroatoms. The first-order valence-electron chi connectivity index (χ1n) is 7.13. The van der Waals surface area contributed by atoms with Crippen LogP contribution in [0.1, 0.15) is 47.4 Å². The number of H-pyrrole nitrogens is 1. The zero-order valence-corrected chi connectivity index (χ0v) is 12.2. The fourth-order valence-corrected chi connectivity index (χ4v) is 4.32. The van der Waals surface area contributed by atoms with Crippen LogP contribution in [0.2, 0.25) is 0 Å². The molecule has 0 spiro atoms. The molecule has 20 heavy (non-hydrogen) atoms. The van der Waals surface area contributed by atoms with Gasteiger partial charge in [0, 0.05) is 30.8 Å². The van der Waals surface area contributed by atoms with Crippen molar-refractivity contribution in [1.29, 1.82) is 0 Å². The molecule has 0 unspecified atom stereocenters. The van der Waals surface area contributed by atoms with Gasteiger partial charge in [-0.05, 0) is 12.8 Å². The number of aryl methyl sites for hydroxylation is 1. The fourth-order valence-electron chi connectivity index (χ4n) is 2.91. The second kappa shape index (κ2) is 5.20. The summed E-state index contributed by atoms with van der Waals surface area (Å²) in [4.78, 5) is 14.4. The molecule has 110 valence electrons. The molecule has 1 N–H and O–H groups in total. The molecular formula is C13H19N3O3S. The van der Waals surface area contributed by atoms with Crippen molar-refractivity contribution in [2.75, 3.05) is 18.8 Å². The van der Waals surface area contributed by atoms with Crippen molar-refractivity contribution in [3.63, 3.8) is 0 Å². The summed E-state index contributed by atoms with van der Waals surface area (Å²) in [5.74, 6) is -0.0469. The van der Waals surface area contributed by atoms with Crippen LogP contribution in [0, 0.1) is 0 Å². The fraction of sp³-hybridized carbons (Fsp3) is 0.692. The first-order valence-corrected chi connectivity index (χ1v) is 8.95. The third kappa shape index (κ3) is 2.59. The van der Waals surface area contributed by atoms with E-state index in [-0.39, 0.29) is 17.4 Å². The quantitative estimate of drug-likeness (QED) is 0.834. The normalized spacial score (nSPS) is 22.1. The van der Waals surface area contributed by atoms with E-state index in [0.717, 1.165) is 44.5 Å². The Labute approximate surface area is 118 Å². The predicted molar refractivity (Wildman–Crippen MR) is 74.2 cm³/mol.